The quantitative estimate of drug-likeness (QED) is 0.406. The average Bonchev–Trinajstić information content (AvgIpc) is 2.80. The molecule has 0 radical (unpaired) electrons. The van der Waals surface area contributed by atoms with Crippen LogP contribution in [0.1, 0.15) is 33.6 Å². The highest BCUT2D eigenvalue weighted by Gasteiger charge is 2.32. The van der Waals surface area contributed by atoms with Crippen molar-refractivity contribution in [2.75, 3.05) is 13.2 Å². The maximum Gasteiger partial charge on any atom is 0.251 e. The second-order valence-corrected chi connectivity index (χ2v) is 8.37. The predicted molar refractivity (Wildman–Crippen MR) is 121 cm³/mol. The van der Waals surface area contributed by atoms with Crippen LogP contribution in [0, 0.1) is 12.8 Å². The highest BCUT2D eigenvalue weighted by molar-refractivity contribution is 6.35. The molecule has 0 saturated carbocycles. The molecule has 1 aromatic heterocycles. The summed E-state index contributed by atoms with van der Waals surface area (Å²) in [4.78, 5) is 29.1. The molecule has 1 aliphatic rings. The molecular formula is C24H24ClN3O4. The Morgan fingerprint density at radius 1 is 1.22 bits per heavy atom. The molecule has 2 atom stereocenters. The van der Waals surface area contributed by atoms with Crippen LogP contribution in [0.4, 0.5) is 0 Å². The summed E-state index contributed by atoms with van der Waals surface area (Å²) >= 11 is 6.32. The first-order chi connectivity index (χ1) is 15.5. The molecule has 166 valence electrons. The minimum Gasteiger partial charge on any atom is -0.380 e. The number of amides is 2. The number of pyridine rings is 1. The van der Waals surface area contributed by atoms with Gasteiger partial charge in [-0.3, -0.25) is 19.8 Å². The molecule has 3 N–H and O–H groups in total. The van der Waals surface area contributed by atoms with Gasteiger partial charge in [0.1, 0.15) is 0 Å². The lowest BCUT2D eigenvalue weighted by molar-refractivity contribution is -0.138. The fraction of sp³-hybridized carbons (Fsp3) is 0.292. The summed E-state index contributed by atoms with van der Waals surface area (Å²) in [7, 11) is 0. The zero-order valence-corrected chi connectivity index (χ0v) is 18.4. The van der Waals surface area contributed by atoms with E-state index in [1.54, 1.807) is 17.6 Å². The topological polar surface area (TPSA) is 101 Å². The van der Waals surface area contributed by atoms with Crippen molar-refractivity contribution in [2.45, 2.75) is 25.8 Å². The van der Waals surface area contributed by atoms with E-state index >= 15 is 0 Å². The minimum atomic E-state index is -0.632. The lowest BCUT2D eigenvalue weighted by atomic mass is 9.94. The Morgan fingerprint density at radius 2 is 2.00 bits per heavy atom. The molecular weight excluding hydrogens is 430 g/mol. The number of ether oxygens (including phenoxy) is 1. The van der Waals surface area contributed by atoms with Crippen LogP contribution in [-0.2, 0) is 16.0 Å². The number of aryl methyl sites for hydroxylation is 1. The Balaban J connectivity index is 1.49. The number of para-hydroxylation sites is 1. The molecule has 0 bridgehead atoms. The van der Waals surface area contributed by atoms with E-state index in [1.807, 2.05) is 37.3 Å². The number of fused-ring (bicyclic) bond motifs is 1. The predicted octanol–water partition coefficient (Wildman–Crippen LogP) is 3.43. The minimum absolute atomic E-state index is 0.152. The van der Waals surface area contributed by atoms with Crippen molar-refractivity contribution in [3.8, 4) is 0 Å². The first kappa shape index (κ1) is 22.2. The molecule has 0 unspecified atom stereocenters. The number of rotatable bonds is 5. The first-order valence-electron chi connectivity index (χ1n) is 10.4. The fourth-order valence-electron chi connectivity index (χ4n) is 4.07. The van der Waals surface area contributed by atoms with Crippen LogP contribution in [0.2, 0.25) is 5.02 Å². The van der Waals surface area contributed by atoms with Crippen LogP contribution >= 0.6 is 11.6 Å². The summed E-state index contributed by atoms with van der Waals surface area (Å²) in [5, 5.41) is 13.5. The van der Waals surface area contributed by atoms with Gasteiger partial charge in [0.15, 0.2) is 0 Å². The molecule has 1 fully saturated rings. The normalized spacial score (nSPS) is 18.3. The number of nitrogens with zero attached hydrogens (tertiary/aromatic N) is 1. The fourth-order valence-corrected chi connectivity index (χ4v) is 4.29. The van der Waals surface area contributed by atoms with Gasteiger partial charge in [-0.05, 0) is 55.2 Å². The molecule has 3 aromatic rings. The molecule has 2 aromatic carbocycles. The van der Waals surface area contributed by atoms with Gasteiger partial charge in [-0.15, -0.1) is 0 Å². The standard InChI is InChI=1S/C24H24ClN3O4/c1-14-11-17(18-3-2-4-20(25)22(18)26-14)12-15-5-7-16(8-6-15)23(29)27-21-9-10-32-13-19(21)24(30)28-31/h2-8,11,19,21,31H,9-10,12-13H2,1H3,(H,27,29)(H,28,30)/t19-,21+/m0/s1. The molecule has 2 heterocycles. The van der Waals surface area contributed by atoms with Gasteiger partial charge in [0.2, 0.25) is 0 Å². The number of aromatic nitrogens is 1. The van der Waals surface area contributed by atoms with E-state index in [9.17, 15) is 9.59 Å². The van der Waals surface area contributed by atoms with Crippen LogP contribution in [-0.4, -0.2) is 41.3 Å². The van der Waals surface area contributed by atoms with Gasteiger partial charge in [-0.25, -0.2) is 5.48 Å². The maximum absolute atomic E-state index is 12.7. The molecule has 2 amide bonds. The average molecular weight is 454 g/mol. The van der Waals surface area contributed by atoms with Gasteiger partial charge in [0, 0.05) is 29.3 Å². The van der Waals surface area contributed by atoms with Gasteiger partial charge >= 0.3 is 0 Å². The molecule has 1 aliphatic heterocycles. The third-order valence-electron chi connectivity index (χ3n) is 5.73. The number of carbonyl (C=O) groups is 2. The van der Waals surface area contributed by atoms with Crippen molar-refractivity contribution >= 4 is 34.3 Å². The SMILES string of the molecule is Cc1cc(Cc2ccc(C(=O)N[C@@H]3CCOC[C@@H]3C(=O)NO)cc2)c2cccc(Cl)c2n1. The van der Waals surface area contributed by atoms with Crippen LogP contribution < -0.4 is 10.8 Å². The second-order valence-electron chi connectivity index (χ2n) is 7.96. The smallest absolute Gasteiger partial charge is 0.251 e. The lowest BCUT2D eigenvalue weighted by Gasteiger charge is -2.30. The number of hydrogen-bond acceptors (Lipinski definition) is 5. The van der Waals surface area contributed by atoms with E-state index in [4.69, 9.17) is 21.5 Å². The molecule has 32 heavy (non-hydrogen) atoms. The van der Waals surface area contributed by atoms with Crippen molar-refractivity contribution < 1.29 is 19.5 Å². The Labute approximate surface area is 190 Å². The monoisotopic (exact) mass is 453 g/mol. The number of nitrogens with one attached hydrogen (secondary N) is 2. The lowest BCUT2D eigenvalue weighted by Crippen LogP contribution is -2.51. The second kappa shape index (κ2) is 9.65. The third-order valence-corrected chi connectivity index (χ3v) is 6.04. The summed E-state index contributed by atoms with van der Waals surface area (Å²) in [6.07, 6.45) is 1.18. The summed E-state index contributed by atoms with van der Waals surface area (Å²) in [5.41, 5.74) is 6.01. The Kier molecular flexibility index (Phi) is 6.69. The van der Waals surface area contributed by atoms with Crippen LogP contribution in [0.25, 0.3) is 10.9 Å². The summed E-state index contributed by atoms with van der Waals surface area (Å²) < 4.78 is 5.31. The van der Waals surface area contributed by atoms with Crippen LogP contribution in [0.3, 0.4) is 0 Å². The molecule has 8 heteroatoms. The van der Waals surface area contributed by atoms with E-state index in [0.29, 0.717) is 30.0 Å². The molecule has 1 saturated heterocycles. The Bertz CT molecular complexity index is 1150. The van der Waals surface area contributed by atoms with E-state index in [-0.39, 0.29) is 12.5 Å². The first-order valence-corrected chi connectivity index (χ1v) is 10.8. The maximum atomic E-state index is 12.7. The van der Waals surface area contributed by atoms with E-state index in [2.05, 4.69) is 16.4 Å². The third kappa shape index (κ3) is 4.75. The summed E-state index contributed by atoms with van der Waals surface area (Å²) in [6, 6.07) is 14.8. The highest BCUT2D eigenvalue weighted by atomic mass is 35.5. The van der Waals surface area contributed by atoms with Gasteiger partial charge < -0.3 is 10.1 Å². The van der Waals surface area contributed by atoms with Gasteiger partial charge in [-0.2, -0.15) is 0 Å². The molecule has 4 rings (SSSR count). The van der Waals surface area contributed by atoms with Gasteiger partial charge in [0.05, 0.1) is 23.1 Å². The zero-order chi connectivity index (χ0) is 22.7. The number of benzene rings is 2. The Hall–Kier alpha value is -3.00. The number of carbonyl (C=O) groups excluding carboxylic acids is 2. The number of hydroxylamine groups is 1. The van der Waals surface area contributed by atoms with Crippen LogP contribution in [0.5, 0.6) is 0 Å². The number of hydrogen-bond donors (Lipinski definition) is 3. The van der Waals surface area contributed by atoms with E-state index < -0.39 is 17.9 Å². The van der Waals surface area contributed by atoms with Crippen molar-refractivity contribution in [3.63, 3.8) is 0 Å². The van der Waals surface area contributed by atoms with Crippen molar-refractivity contribution in [1.82, 2.24) is 15.8 Å². The van der Waals surface area contributed by atoms with Crippen molar-refractivity contribution in [1.29, 1.82) is 0 Å². The van der Waals surface area contributed by atoms with Crippen molar-refractivity contribution in [2.24, 2.45) is 5.92 Å². The Morgan fingerprint density at radius 3 is 2.75 bits per heavy atom. The zero-order valence-electron chi connectivity index (χ0n) is 17.6. The summed E-state index contributed by atoms with van der Waals surface area (Å²) in [5.74, 6) is -1.46. The molecule has 7 nitrogen and oxygen atoms in total. The van der Waals surface area contributed by atoms with E-state index in [1.165, 1.54) is 0 Å². The highest BCUT2D eigenvalue weighted by Crippen LogP contribution is 2.27. The molecule has 0 aliphatic carbocycles. The largest absolute Gasteiger partial charge is 0.380 e. The van der Waals surface area contributed by atoms with Crippen LogP contribution in [0.15, 0.2) is 48.5 Å². The van der Waals surface area contributed by atoms with Crippen molar-refractivity contribution in [3.05, 3.63) is 75.9 Å². The summed E-state index contributed by atoms with van der Waals surface area (Å²) in [6.45, 7) is 2.54. The van der Waals surface area contributed by atoms with E-state index in [0.717, 1.165) is 27.7 Å². The van der Waals surface area contributed by atoms with Gasteiger partial charge in [-0.1, -0.05) is 35.9 Å². The molecule has 0 spiro atoms. The number of halogens is 1. The van der Waals surface area contributed by atoms with Gasteiger partial charge in [0.25, 0.3) is 11.8 Å².